The maximum absolute atomic E-state index is 13.6. The number of aromatic nitrogens is 5. The molecular weight excluding hydrogens is 466 g/mol. The SMILES string of the molecule is CC[C@H](C)[C@@H](CN[C@H](C)C(=O)N1c2ncccc2C[C@H]1C(=O)NCc1nn[nH]n1)NCCCC(=O)O. The standard InChI is InChI=1S/C23H35N9O4/c1-4-14(2)17(24-9-6-8-20(33)34)12-26-15(3)23(36)32-18(11-16-7-5-10-25-21(16)32)22(35)27-13-19-28-30-31-29-19/h5,7,10,14-15,17-18,24,26H,4,6,8-9,11-13H2,1-3H3,(H,27,35)(H,33,34)(H,28,29,30,31)/t14-,15+,17+,18-/m0/s1. The van der Waals surface area contributed by atoms with Gasteiger partial charge in [-0.25, -0.2) is 4.98 Å². The van der Waals surface area contributed by atoms with Gasteiger partial charge in [0.2, 0.25) is 11.8 Å². The minimum Gasteiger partial charge on any atom is -0.481 e. The Morgan fingerprint density at radius 1 is 1.28 bits per heavy atom. The fraction of sp³-hybridized carbons (Fsp3) is 0.609. The van der Waals surface area contributed by atoms with Gasteiger partial charge < -0.3 is 21.1 Å². The fourth-order valence-electron chi connectivity index (χ4n) is 4.15. The molecule has 0 aliphatic carbocycles. The minimum atomic E-state index is -0.815. The molecule has 0 fully saturated rings. The second-order valence-electron chi connectivity index (χ2n) is 9.03. The monoisotopic (exact) mass is 501 g/mol. The van der Waals surface area contributed by atoms with Gasteiger partial charge in [-0.2, -0.15) is 5.21 Å². The first-order valence-electron chi connectivity index (χ1n) is 12.3. The number of pyridine rings is 1. The molecule has 0 aromatic carbocycles. The Balaban J connectivity index is 1.64. The summed E-state index contributed by atoms with van der Waals surface area (Å²) in [5.41, 5.74) is 0.829. The molecule has 13 nitrogen and oxygen atoms in total. The van der Waals surface area contributed by atoms with Crippen LogP contribution in [0.2, 0.25) is 0 Å². The molecule has 196 valence electrons. The molecule has 0 radical (unpaired) electrons. The third-order valence-corrected chi connectivity index (χ3v) is 6.49. The lowest BCUT2D eigenvalue weighted by Crippen LogP contribution is -2.55. The molecule has 2 amide bonds. The second kappa shape index (κ2) is 13.0. The molecule has 4 atom stereocenters. The topological polar surface area (TPSA) is 178 Å². The number of nitrogens with zero attached hydrogens (tertiary/aromatic N) is 5. The number of tetrazole rings is 1. The Kier molecular flexibility index (Phi) is 9.82. The maximum Gasteiger partial charge on any atom is 0.303 e. The van der Waals surface area contributed by atoms with E-state index in [1.54, 1.807) is 19.2 Å². The quantitative estimate of drug-likeness (QED) is 0.222. The van der Waals surface area contributed by atoms with Crippen LogP contribution in [-0.4, -0.2) is 79.7 Å². The van der Waals surface area contributed by atoms with Crippen molar-refractivity contribution in [2.24, 2.45) is 5.92 Å². The molecule has 0 saturated heterocycles. The first-order chi connectivity index (χ1) is 17.3. The van der Waals surface area contributed by atoms with Gasteiger partial charge in [0.15, 0.2) is 5.82 Å². The molecule has 0 saturated carbocycles. The molecule has 3 rings (SSSR count). The molecule has 0 spiro atoms. The van der Waals surface area contributed by atoms with E-state index in [4.69, 9.17) is 5.11 Å². The van der Waals surface area contributed by atoms with E-state index >= 15 is 0 Å². The van der Waals surface area contributed by atoms with Crippen LogP contribution in [0.15, 0.2) is 18.3 Å². The van der Waals surface area contributed by atoms with Crippen molar-refractivity contribution in [2.75, 3.05) is 18.0 Å². The van der Waals surface area contributed by atoms with Crippen molar-refractivity contribution in [2.45, 2.75) is 71.1 Å². The summed E-state index contributed by atoms with van der Waals surface area (Å²) in [5, 5.41) is 31.8. The zero-order valence-corrected chi connectivity index (χ0v) is 20.9. The predicted molar refractivity (Wildman–Crippen MR) is 131 cm³/mol. The van der Waals surface area contributed by atoms with Crippen LogP contribution in [0.4, 0.5) is 5.82 Å². The highest BCUT2D eigenvalue weighted by Crippen LogP contribution is 2.30. The van der Waals surface area contributed by atoms with Crippen molar-refractivity contribution in [1.29, 1.82) is 0 Å². The number of carbonyl (C=O) groups is 3. The van der Waals surface area contributed by atoms with E-state index in [0.717, 1.165) is 12.0 Å². The third-order valence-electron chi connectivity index (χ3n) is 6.49. The van der Waals surface area contributed by atoms with E-state index in [-0.39, 0.29) is 30.8 Å². The van der Waals surface area contributed by atoms with Crippen molar-refractivity contribution in [3.05, 3.63) is 29.7 Å². The molecule has 3 heterocycles. The molecule has 2 aromatic heterocycles. The third kappa shape index (κ3) is 7.04. The van der Waals surface area contributed by atoms with E-state index in [0.29, 0.717) is 43.5 Å². The number of amides is 2. The van der Waals surface area contributed by atoms with Gasteiger partial charge in [-0.05, 0) is 37.4 Å². The molecule has 1 aliphatic heterocycles. The summed E-state index contributed by atoms with van der Waals surface area (Å²) in [6.07, 6.45) is 3.55. The second-order valence-corrected chi connectivity index (χ2v) is 9.03. The normalized spacial score (nSPS) is 17.3. The average Bonchev–Trinajstić information content (AvgIpc) is 3.53. The van der Waals surface area contributed by atoms with Gasteiger partial charge in [-0.15, -0.1) is 10.2 Å². The smallest absolute Gasteiger partial charge is 0.303 e. The Bertz CT molecular complexity index is 1020. The molecule has 1 aliphatic rings. The van der Waals surface area contributed by atoms with Crippen LogP contribution in [-0.2, 0) is 27.3 Å². The number of fused-ring (bicyclic) bond motifs is 1. The predicted octanol–water partition coefficient (Wildman–Crippen LogP) is 0.0160. The van der Waals surface area contributed by atoms with Crippen LogP contribution in [0.5, 0.6) is 0 Å². The van der Waals surface area contributed by atoms with Crippen LogP contribution in [0.25, 0.3) is 0 Å². The van der Waals surface area contributed by atoms with E-state index in [1.165, 1.54) is 4.90 Å². The maximum atomic E-state index is 13.6. The Hall–Kier alpha value is -3.45. The molecule has 13 heteroatoms. The summed E-state index contributed by atoms with van der Waals surface area (Å²) >= 11 is 0. The van der Waals surface area contributed by atoms with Gasteiger partial charge in [0.25, 0.3) is 0 Å². The zero-order chi connectivity index (χ0) is 26.1. The summed E-state index contributed by atoms with van der Waals surface area (Å²) < 4.78 is 0. The van der Waals surface area contributed by atoms with Gasteiger partial charge in [0.05, 0.1) is 12.6 Å². The van der Waals surface area contributed by atoms with Crippen molar-refractivity contribution in [3.8, 4) is 0 Å². The zero-order valence-electron chi connectivity index (χ0n) is 20.9. The average molecular weight is 502 g/mol. The number of aromatic amines is 1. The lowest BCUT2D eigenvalue weighted by molar-refractivity contribution is -0.137. The molecule has 36 heavy (non-hydrogen) atoms. The highest BCUT2D eigenvalue weighted by molar-refractivity contribution is 6.04. The minimum absolute atomic E-state index is 0.0667. The van der Waals surface area contributed by atoms with Gasteiger partial charge in [-0.3, -0.25) is 19.3 Å². The van der Waals surface area contributed by atoms with Gasteiger partial charge in [0.1, 0.15) is 11.9 Å². The van der Waals surface area contributed by atoms with E-state index in [1.807, 2.05) is 6.07 Å². The Morgan fingerprint density at radius 3 is 2.78 bits per heavy atom. The molecular formula is C23H35N9O4. The number of hydrogen-bond donors (Lipinski definition) is 5. The number of nitrogens with one attached hydrogen (secondary N) is 4. The van der Waals surface area contributed by atoms with E-state index < -0.39 is 18.1 Å². The summed E-state index contributed by atoms with van der Waals surface area (Å²) in [6.45, 7) is 7.18. The van der Waals surface area contributed by atoms with Gasteiger partial charge >= 0.3 is 5.97 Å². The van der Waals surface area contributed by atoms with Gasteiger partial charge in [0, 0.05) is 31.6 Å². The van der Waals surface area contributed by atoms with E-state index in [2.05, 4.69) is 55.4 Å². The number of carboxylic acids is 1. The lowest BCUT2D eigenvalue weighted by Gasteiger charge is -2.29. The number of carboxylic acid groups (broad SMARTS) is 1. The molecule has 5 N–H and O–H groups in total. The van der Waals surface area contributed by atoms with Crippen LogP contribution in [0.1, 0.15) is 51.4 Å². The van der Waals surface area contributed by atoms with Crippen LogP contribution in [0.3, 0.4) is 0 Å². The highest BCUT2D eigenvalue weighted by atomic mass is 16.4. The molecule has 0 bridgehead atoms. The highest BCUT2D eigenvalue weighted by Gasteiger charge is 2.40. The number of anilines is 1. The van der Waals surface area contributed by atoms with E-state index in [9.17, 15) is 14.4 Å². The summed E-state index contributed by atoms with van der Waals surface area (Å²) in [4.78, 5) is 43.2. The van der Waals surface area contributed by atoms with Gasteiger partial charge in [-0.1, -0.05) is 31.5 Å². The Labute approximate surface area is 209 Å². The summed E-state index contributed by atoms with van der Waals surface area (Å²) in [7, 11) is 0. The number of carbonyl (C=O) groups excluding carboxylic acids is 2. The summed E-state index contributed by atoms with van der Waals surface area (Å²) in [5.74, 6) is -0.234. The number of aliphatic carboxylic acids is 1. The Morgan fingerprint density at radius 2 is 2.08 bits per heavy atom. The number of H-pyrrole nitrogens is 1. The van der Waals surface area contributed by atoms with Crippen molar-refractivity contribution in [3.63, 3.8) is 0 Å². The first kappa shape index (κ1) is 27.1. The first-order valence-corrected chi connectivity index (χ1v) is 12.3. The fourth-order valence-corrected chi connectivity index (χ4v) is 4.15. The van der Waals surface area contributed by atoms with Crippen LogP contribution >= 0.6 is 0 Å². The number of hydrogen-bond acceptors (Lipinski definition) is 9. The summed E-state index contributed by atoms with van der Waals surface area (Å²) in [6, 6.07) is 2.41. The molecule has 0 unspecified atom stereocenters. The lowest BCUT2D eigenvalue weighted by atomic mass is 9.98. The number of rotatable bonds is 14. The van der Waals surface area contributed by atoms with Crippen LogP contribution < -0.4 is 20.9 Å². The van der Waals surface area contributed by atoms with Crippen LogP contribution in [0, 0.1) is 5.92 Å². The van der Waals surface area contributed by atoms with Crippen molar-refractivity contribution >= 4 is 23.6 Å². The molecule has 2 aromatic rings. The van der Waals surface area contributed by atoms with Crippen molar-refractivity contribution in [1.82, 2.24) is 41.6 Å². The largest absolute Gasteiger partial charge is 0.481 e. The van der Waals surface area contributed by atoms with Crippen molar-refractivity contribution < 1.29 is 19.5 Å².